The quantitative estimate of drug-likeness (QED) is 0.923. The molecule has 0 fully saturated rings. The predicted octanol–water partition coefficient (Wildman–Crippen LogP) is 2.85. The van der Waals surface area contributed by atoms with E-state index in [4.69, 9.17) is 0 Å². The van der Waals surface area contributed by atoms with E-state index < -0.39 is 0 Å². The highest BCUT2D eigenvalue weighted by Gasteiger charge is 2.17. The van der Waals surface area contributed by atoms with Crippen molar-refractivity contribution in [3.63, 3.8) is 0 Å². The van der Waals surface area contributed by atoms with Crippen LogP contribution in [0.4, 0.5) is 9.18 Å². The number of carbonyl (C=O) groups excluding carboxylic acids is 1. The summed E-state index contributed by atoms with van der Waals surface area (Å²) in [6.07, 6.45) is 3.56. The van der Waals surface area contributed by atoms with E-state index in [9.17, 15) is 9.18 Å². The normalized spacial score (nSPS) is 12.0. The fourth-order valence-corrected chi connectivity index (χ4v) is 2.16. The second kappa shape index (κ2) is 7.06. The number of benzene rings is 1. The zero-order chi connectivity index (χ0) is 16.1. The summed E-state index contributed by atoms with van der Waals surface area (Å²) >= 11 is 0. The van der Waals surface area contributed by atoms with Gasteiger partial charge in [-0.3, -0.25) is 0 Å². The first-order chi connectivity index (χ1) is 10.5. The van der Waals surface area contributed by atoms with Crippen molar-refractivity contribution in [1.82, 2.24) is 19.8 Å². The van der Waals surface area contributed by atoms with Gasteiger partial charge in [-0.2, -0.15) is 0 Å². The lowest BCUT2D eigenvalue weighted by atomic mass is 10.1. The van der Waals surface area contributed by atoms with Gasteiger partial charge in [-0.05, 0) is 31.5 Å². The molecule has 0 unspecified atom stereocenters. The van der Waals surface area contributed by atoms with E-state index in [2.05, 4.69) is 10.3 Å². The standard InChI is InChI=1S/C16H21FN4O/c1-4-21(11-15-18-9-10-20(15)3)16(22)19-12(2)13-5-7-14(17)8-6-13/h5-10,12H,4,11H2,1-3H3,(H,19,22)/t12-/m0/s1. The van der Waals surface area contributed by atoms with Gasteiger partial charge in [0.1, 0.15) is 11.6 Å². The number of urea groups is 1. The van der Waals surface area contributed by atoms with Crippen LogP contribution in [0.2, 0.25) is 0 Å². The third-order valence-corrected chi connectivity index (χ3v) is 3.63. The summed E-state index contributed by atoms with van der Waals surface area (Å²) in [5.74, 6) is 0.540. The Balaban J connectivity index is 1.99. The Morgan fingerprint density at radius 1 is 1.41 bits per heavy atom. The lowest BCUT2D eigenvalue weighted by Gasteiger charge is -2.24. The highest BCUT2D eigenvalue weighted by Crippen LogP contribution is 2.13. The van der Waals surface area contributed by atoms with Crippen molar-refractivity contribution in [1.29, 1.82) is 0 Å². The van der Waals surface area contributed by atoms with Crippen molar-refractivity contribution in [2.75, 3.05) is 6.54 Å². The number of rotatable bonds is 5. The molecule has 1 aromatic heterocycles. The molecule has 2 amide bonds. The highest BCUT2D eigenvalue weighted by atomic mass is 19.1. The highest BCUT2D eigenvalue weighted by molar-refractivity contribution is 5.74. The maximum atomic E-state index is 12.9. The van der Waals surface area contributed by atoms with Crippen molar-refractivity contribution in [3.8, 4) is 0 Å². The number of aryl methyl sites for hydroxylation is 1. The largest absolute Gasteiger partial charge is 0.337 e. The smallest absolute Gasteiger partial charge is 0.318 e. The minimum Gasteiger partial charge on any atom is -0.337 e. The van der Waals surface area contributed by atoms with E-state index >= 15 is 0 Å². The fourth-order valence-electron chi connectivity index (χ4n) is 2.16. The number of carbonyl (C=O) groups is 1. The van der Waals surface area contributed by atoms with Gasteiger partial charge in [0.15, 0.2) is 0 Å². The van der Waals surface area contributed by atoms with Crippen LogP contribution in [0.15, 0.2) is 36.7 Å². The van der Waals surface area contributed by atoms with Gasteiger partial charge < -0.3 is 14.8 Å². The molecule has 22 heavy (non-hydrogen) atoms. The summed E-state index contributed by atoms with van der Waals surface area (Å²) in [5, 5.41) is 2.93. The van der Waals surface area contributed by atoms with Crippen molar-refractivity contribution in [2.24, 2.45) is 7.05 Å². The van der Waals surface area contributed by atoms with Crippen molar-refractivity contribution in [3.05, 3.63) is 53.9 Å². The van der Waals surface area contributed by atoms with Crippen LogP contribution in [0.5, 0.6) is 0 Å². The van der Waals surface area contributed by atoms with Gasteiger partial charge in [0, 0.05) is 26.0 Å². The topological polar surface area (TPSA) is 50.2 Å². The Kier molecular flexibility index (Phi) is 5.14. The van der Waals surface area contributed by atoms with Crippen LogP contribution >= 0.6 is 0 Å². The number of aromatic nitrogens is 2. The first-order valence-corrected chi connectivity index (χ1v) is 7.28. The van der Waals surface area contributed by atoms with Gasteiger partial charge in [-0.25, -0.2) is 14.2 Å². The van der Waals surface area contributed by atoms with Crippen LogP contribution in [-0.2, 0) is 13.6 Å². The zero-order valence-corrected chi connectivity index (χ0v) is 13.1. The van der Waals surface area contributed by atoms with Crippen LogP contribution in [0, 0.1) is 5.82 Å². The molecule has 6 heteroatoms. The second-order valence-corrected chi connectivity index (χ2v) is 5.19. The molecule has 0 radical (unpaired) electrons. The Bertz CT molecular complexity index is 623. The number of amides is 2. The molecule has 2 aromatic rings. The third kappa shape index (κ3) is 3.84. The monoisotopic (exact) mass is 304 g/mol. The van der Waals surface area contributed by atoms with Crippen LogP contribution in [0.3, 0.4) is 0 Å². The van der Waals surface area contributed by atoms with E-state index in [-0.39, 0.29) is 17.9 Å². The summed E-state index contributed by atoms with van der Waals surface area (Å²) in [6, 6.07) is 5.78. The average molecular weight is 304 g/mol. The van der Waals surface area contributed by atoms with Gasteiger partial charge in [0.25, 0.3) is 0 Å². The number of hydrogen-bond donors (Lipinski definition) is 1. The maximum Gasteiger partial charge on any atom is 0.318 e. The van der Waals surface area contributed by atoms with Crippen LogP contribution in [0.25, 0.3) is 0 Å². The molecule has 5 nitrogen and oxygen atoms in total. The van der Waals surface area contributed by atoms with Crippen molar-refractivity contribution >= 4 is 6.03 Å². The molecule has 1 aromatic carbocycles. The molecule has 0 bridgehead atoms. The van der Waals surface area contributed by atoms with Crippen LogP contribution in [-0.4, -0.2) is 27.0 Å². The van der Waals surface area contributed by atoms with E-state index in [1.807, 2.05) is 31.7 Å². The van der Waals surface area contributed by atoms with Gasteiger partial charge in [-0.15, -0.1) is 0 Å². The van der Waals surface area contributed by atoms with E-state index in [0.29, 0.717) is 13.1 Å². The van der Waals surface area contributed by atoms with Crippen LogP contribution < -0.4 is 5.32 Å². The molecule has 1 heterocycles. The molecule has 1 N–H and O–H groups in total. The first-order valence-electron chi connectivity index (χ1n) is 7.28. The lowest BCUT2D eigenvalue weighted by molar-refractivity contribution is 0.193. The number of nitrogens with zero attached hydrogens (tertiary/aromatic N) is 3. The number of hydrogen-bond acceptors (Lipinski definition) is 2. The van der Waals surface area contributed by atoms with Gasteiger partial charge in [0.2, 0.25) is 0 Å². The molecule has 118 valence electrons. The van der Waals surface area contributed by atoms with Gasteiger partial charge >= 0.3 is 6.03 Å². The molecule has 2 rings (SSSR count). The Labute approximate surface area is 129 Å². The molecule has 0 aliphatic rings. The van der Waals surface area contributed by atoms with E-state index in [1.54, 1.807) is 23.2 Å². The summed E-state index contributed by atoms with van der Waals surface area (Å²) < 4.78 is 14.8. The summed E-state index contributed by atoms with van der Waals surface area (Å²) in [6.45, 7) is 4.82. The lowest BCUT2D eigenvalue weighted by Crippen LogP contribution is -2.41. The third-order valence-electron chi connectivity index (χ3n) is 3.63. The molecule has 0 aliphatic heterocycles. The Morgan fingerprint density at radius 3 is 2.64 bits per heavy atom. The minimum absolute atomic E-state index is 0.165. The molecule has 1 atom stereocenters. The first kappa shape index (κ1) is 16.0. The van der Waals surface area contributed by atoms with Gasteiger partial charge in [-0.1, -0.05) is 12.1 Å². The molecule has 0 aliphatic carbocycles. The minimum atomic E-state index is -0.285. The van der Waals surface area contributed by atoms with Gasteiger partial charge in [0.05, 0.1) is 12.6 Å². The molecular formula is C16H21FN4O. The van der Waals surface area contributed by atoms with Crippen molar-refractivity contribution < 1.29 is 9.18 Å². The molecule has 0 saturated carbocycles. The second-order valence-electron chi connectivity index (χ2n) is 5.19. The fraction of sp³-hybridized carbons (Fsp3) is 0.375. The Hall–Kier alpha value is -2.37. The van der Waals surface area contributed by atoms with E-state index in [0.717, 1.165) is 11.4 Å². The van der Waals surface area contributed by atoms with Crippen LogP contribution in [0.1, 0.15) is 31.3 Å². The molecular weight excluding hydrogens is 283 g/mol. The maximum absolute atomic E-state index is 12.9. The summed E-state index contributed by atoms with van der Waals surface area (Å²) in [7, 11) is 1.90. The predicted molar refractivity (Wildman–Crippen MR) is 82.6 cm³/mol. The number of nitrogens with one attached hydrogen (secondary N) is 1. The molecule has 0 saturated heterocycles. The van der Waals surface area contributed by atoms with Crippen molar-refractivity contribution in [2.45, 2.75) is 26.4 Å². The number of halogens is 1. The average Bonchev–Trinajstić information content (AvgIpc) is 2.90. The number of imidazole rings is 1. The summed E-state index contributed by atoms with van der Waals surface area (Å²) in [5.41, 5.74) is 0.864. The summed E-state index contributed by atoms with van der Waals surface area (Å²) in [4.78, 5) is 18.3. The zero-order valence-electron chi connectivity index (χ0n) is 13.1. The van der Waals surface area contributed by atoms with E-state index in [1.165, 1.54) is 12.1 Å². The Morgan fingerprint density at radius 2 is 2.09 bits per heavy atom. The SMILES string of the molecule is CCN(Cc1nccn1C)C(=O)N[C@@H](C)c1ccc(F)cc1. The molecule has 0 spiro atoms.